The minimum absolute atomic E-state index is 0.00897. The molecule has 1 aliphatic carbocycles. The van der Waals surface area contributed by atoms with E-state index >= 15 is 0 Å². The van der Waals surface area contributed by atoms with Crippen LogP contribution in [0.5, 0.6) is 0 Å². The number of hydrogen-bond acceptors (Lipinski definition) is 7. The van der Waals surface area contributed by atoms with Crippen LogP contribution in [-0.4, -0.2) is 45.1 Å². The zero-order chi connectivity index (χ0) is 21.3. The number of fused-ring (bicyclic) bond motifs is 1. The second-order valence-electron chi connectivity index (χ2n) is 7.89. The van der Waals surface area contributed by atoms with Gasteiger partial charge in [0.05, 0.1) is 12.2 Å². The lowest BCUT2D eigenvalue weighted by atomic mass is 9.93. The molecular formula is C22H25N3O5. The number of hydrogen-bond donors (Lipinski definition) is 3. The highest BCUT2D eigenvalue weighted by Crippen LogP contribution is 2.30. The monoisotopic (exact) mass is 411 g/mol. The van der Waals surface area contributed by atoms with E-state index in [0.717, 1.165) is 23.8 Å². The lowest BCUT2D eigenvalue weighted by Gasteiger charge is -2.27. The smallest absolute Gasteiger partial charge is 0.348 e. The molecule has 4 rings (SSSR count). The molecule has 0 bridgehead atoms. The van der Waals surface area contributed by atoms with Crippen LogP contribution in [0.3, 0.4) is 0 Å². The number of aliphatic hydroxyl groups is 1. The Labute approximate surface area is 174 Å². The summed E-state index contributed by atoms with van der Waals surface area (Å²) in [6, 6.07) is 3.71. The van der Waals surface area contributed by atoms with E-state index in [-0.39, 0.29) is 35.5 Å². The molecule has 30 heavy (non-hydrogen) atoms. The van der Waals surface area contributed by atoms with Crippen molar-refractivity contribution < 1.29 is 24.2 Å². The van der Waals surface area contributed by atoms with Crippen molar-refractivity contribution in [3.8, 4) is 0 Å². The number of carbonyl (C=O) groups excluding carboxylic acids is 2. The van der Waals surface area contributed by atoms with Crippen molar-refractivity contribution in [2.45, 2.75) is 57.8 Å². The van der Waals surface area contributed by atoms with E-state index in [1.807, 2.05) is 12.1 Å². The Bertz CT molecular complexity index is 1030. The van der Waals surface area contributed by atoms with E-state index < -0.39 is 11.8 Å². The highest BCUT2D eigenvalue weighted by molar-refractivity contribution is 6.26. The number of aromatic amines is 1. The van der Waals surface area contributed by atoms with E-state index in [0.29, 0.717) is 18.5 Å². The molecule has 8 heteroatoms. The zero-order valence-corrected chi connectivity index (χ0v) is 17.0. The first kappa shape index (κ1) is 20.2. The van der Waals surface area contributed by atoms with E-state index in [2.05, 4.69) is 15.3 Å². The molecule has 2 aliphatic rings. The maximum Gasteiger partial charge on any atom is 0.348 e. The van der Waals surface area contributed by atoms with Crippen molar-refractivity contribution in [2.24, 2.45) is 0 Å². The molecule has 8 nitrogen and oxygen atoms in total. The van der Waals surface area contributed by atoms with Crippen molar-refractivity contribution in [3.63, 3.8) is 0 Å². The van der Waals surface area contributed by atoms with E-state index in [1.54, 1.807) is 32.3 Å². The maximum atomic E-state index is 13.0. The van der Waals surface area contributed by atoms with Crippen LogP contribution in [0.15, 0.2) is 41.7 Å². The Morgan fingerprint density at radius 2 is 2.13 bits per heavy atom. The molecule has 3 N–H and O–H groups in total. The van der Waals surface area contributed by atoms with Gasteiger partial charge in [-0.15, -0.1) is 0 Å². The van der Waals surface area contributed by atoms with Crippen LogP contribution in [0.4, 0.5) is 0 Å². The van der Waals surface area contributed by atoms with Gasteiger partial charge >= 0.3 is 5.97 Å². The lowest BCUT2D eigenvalue weighted by molar-refractivity contribution is -0.143. The number of H-pyrrole nitrogens is 1. The van der Waals surface area contributed by atoms with Crippen LogP contribution in [0.1, 0.15) is 45.1 Å². The third kappa shape index (κ3) is 4.09. The standard InChI is InChI=1S/C22H25N3O5/c1-12(2)29-22(28)18-19(27)17(10-13-11-24-20-16(13)4-3-9-23-20)30-21(18)25-14-5-7-15(26)8-6-14/h3-4,9-12,14-15,25-26H,5-8H2,1-2H3,(H,23,24)/t14-,15-. The van der Waals surface area contributed by atoms with Crippen LogP contribution >= 0.6 is 0 Å². The van der Waals surface area contributed by atoms with Crippen molar-refractivity contribution in [2.75, 3.05) is 0 Å². The van der Waals surface area contributed by atoms with Gasteiger partial charge in [0.25, 0.3) is 0 Å². The van der Waals surface area contributed by atoms with Crippen molar-refractivity contribution in [3.05, 3.63) is 47.3 Å². The summed E-state index contributed by atoms with van der Waals surface area (Å²) in [5, 5.41) is 13.8. The number of aliphatic hydroxyl groups excluding tert-OH is 1. The largest absolute Gasteiger partial charge is 0.459 e. The molecule has 1 fully saturated rings. The third-order valence-electron chi connectivity index (χ3n) is 5.24. The predicted molar refractivity (Wildman–Crippen MR) is 110 cm³/mol. The summed E-state index contributed by atoms with van der Waals surface area (Å²) in [4.78, 5) is 33.0. The number of esters is 1. The molecule has 1 aliphatic heterocycles. The Morgan fingerprint density at radius 1 is 1.37 bits per heavy atom. The SMILES string of the molecule is CC(C)OC(=O)C1=C(N[C@H]2CC[C@H](O)CC2)OC(=Cc2c[nH]c3ncccc23)C1=O. The Balaban J connectivity index is 1.63. The van der Waals surface area contributed by atoms with Gasteiger partial charge in [0.15, 0.2) is 11.3 Å². The molecule has 0 amide bonds. The van der Waals surface area contributed by atoms with Gasteiger partial charge in [0.2, 0.25) is 11.7 Å². The van der Waals surface area contributed by atoms with E-state index in [1.165, 1.54) is 0 Å². The molecule has 2 aromatic rings. The number of nitrogens with one attached hydrogen (secondary N) is 2. The normalized spacial score (nSPS) is 23.3. The van der Waals surface area contributed by atoms with Gasteiger partial charge in [-0.2, -0.15) is 0 Å². The van der Waals surface area contributed by atoms with Crippen LogP contribution in [0.25, 0.3) is 17.1 Å². The fourth-order valence-corrected chi connectivity index (χ4v) is 3.73. The summed E-state index contributed by atoms with van der Waals surface area (Å²) in [7, 11) is 0. The van der Waals surface area contributed by atoms with Crippen LogP contribution < -0.4 is 5.32 Å². The maximum absolute atomic E-state index is 13.0. The average Bonchev–Trinajstić information content (AvgIpc) is 3.25. The first-order valence-corrected chi connectivity index (χ1v) is 10.2. The summed E-state index contributed by atoms with van der Waals surface area (Å²) < 4.78 is 11.1. The second-order valence-corrected chi connectivity index (χ2v) is 7.89. The van der Waals surface area contributed by atoms with Gasteiger partial charge in [-0.05, 0) is 57.7 Å². The van der Waals surface area contributed by atoms with Crippen molar-refractivity contribution in [1.29, 1.82) is 0 Å². The second kappa shape index (κ2) is 8.31. The molecule has 0 saturated heterocycles. The summed E-state index contributed by atoms with van der Waals surface area (Å²) in [6.45, 7) is 3.45. The number of allylic oxidation sites excluding steroid dienone is 1. The average molecular weight is 411 g/mol. The van der Waals surface area contributed by atoms with Gasteiger partial charge in [-0.1, -0.05) is 0 Å². The van der Waals surface area contributed by atoms with E-state index in [4.69, 9.17) is 9.47 Å². The number of carbonyl (C=O) groups is 2. The minimum atomic E-state index is -0.711. The van der Waals surface area contributed by atoms with Crippen LogP contribution in [0, 0.1) is 0 Å². The number of ether oxygens (including phenoxy) is 2. The Kier molecular flexibility index (Phi) is 5.59. The summed E-state index contributed by atoms with van der Waals surface area (Å²) >= 11 is 0. The fourth-order valence-electron chi connectivity index (χ4n) is 3.73. The summed E-state index contributed by atoms with van der Waals surface area (Å²) in [5.41, 5.74) is 1.31. The zero-order valence-electron chi connectivity index (χ0n) is 17.0. The molecule has 0 atom stereocenters. The molecule has 3 heterocycles. The topological polar surface area (TPSA) is 114 Å². The molecule has 0 radical (unpaired) electrons. The molecular weight excluding hydrogens is 386 g/mol. The third-order valence-corrected chi connectivity index (χ3v) is 5.24. The molecule has 1 saturated carbocycles. The van der Waals surface area contributed by atoms with Gasteiger partial charge in [-0.25, -0.2) is 9.78 Å². The Morgan fingerprint density at radius 3 is 2.87 bits per heavy atom. The van der Waals surface area contributed by atoms with E-state index in [9.17, 15) is 14.7 Å². The molecule has 0 spiro atoms. The highest BCUT2D eigenvalue weighted by Gasteiger charge is 2.38. The molecule has 0 unspecified atom stereocenters. The lowest BCUT2D eigenvalue weighted by Crippen LogP contribution is -2.35. The van der Waals surface area contributed by atoms with Gasteiger partial charge < -0.3 is 24.9 Å². The van der Waals surface area contributed by atoms with Gasteiger partial charge in [-0.3, -0.25) is 4.79 Å². The minimum Gasteiger partial charge on any atom is -0.459 e. The van der Waals surface area contributed by atoms with Crippen LogP contribution in [-0.2, 0) is 19.1 Å². The van der Waals surface area contributed by atoms with Crippen molar-refractivity contribution >= 4 is 28.9 Å². The molecule has 2 aromatic heterocycles. The predicted octanol–water partition coefficient (Wildman–Crippen LogP) is 2.56. The number of ketones is 1. The number of aromatic nitrogens is 2. The Hall–Kier alpha value is -3.13. The summed E-state index contributed by atoms with van der Waals surface area (Å²) in [6.07, 6.45) is 7.12. The first-order chi connectivity index (χ1) is 14.4. The first-order valence-electron chi connectivity index (χ1n) is 10.2. The van der Waals surface area contributed by atoms with Crippen molar-refractivity contribution in [1.82, 2.24) is 15.3 Å². The number of nitrogens with zero attached hydrogens (tertiary/aromatic N) is 1. The highest BCUT2D eigenvalue weighted by atomic mass is 16.5. The number of pyridine rings is 1. The van der Waals surface area contributed by atoms with Gasteiger partial charge in [0.1, 0.15) is 5.65 Å². The van der Waals surface area contributed by atoms with Crippen LogP contribution in [0.2, 0.25) is 0 Å². The molecule has 158 valence electrons. The van der Waals surface area contributed by atoms with Gasteiger partial charge in [0, 0.05) is 29.4 Å². The quantitative estimate of drug-likeness (QED) is 0.394. The number of rotatable bonds is 5. The summed E-state index contributed by atoms with van der Waals surface area (Å²) in [5.74, 6) is -1.06. The molecule has 0 aromatic carbocycles. The fraction of sp³-hybridized carbons (Fsp3) is 0.409. The number of Topliss-reactive ketones (excluding diaryl/α,β-unsaturated/α-hetero) is 1.